The number of ether oxygens (including phenoxy) is 1. The number of hydrogen-bond acceptors (Lipinski definition) is 5. The van der Waals surface area contributed by atoms with Crippen molar-refractivity contribution in [2.75, 3.05) is 7.11 Å². The average molecular weight is 321 g/mol. The van der Waals surface area contributed by atoms with Gasteiger partial charge in [-0.3, -0.25) is 14.9 Å². The lowest BCUT2D eigenvalue weighted by Gasteiger charge is -2.00. The third-order valence-corrected chi connectivity index (χ3v) is 3.29. The molecule has 7 heteroatoms. The number of H-pyrrole nitrogens is 1. The molecule has 2 N–H and O–H groups in total. The van der Waals surface area contributed by atoms with E-state index in [4.69, 9.17) is 4.74 Å². The molecule has 0 aliphatic heterocycles. The molecule has 0 radical (unpaired) electrons. The first-order valence-electron chi connectivity index (χ1n) is 7.19. The predicted octanol–water partition coefficient (Wildman–Crippen LogP) is 2.24. The fourth-order valence-corrected chi connectivity index (χ4v) is 2.02. The Morgan fingerprint density at radius 2 is 1.96 bits per heavy atom. The first-order chi connectivity index (χ1) is 11.8. The fraction of sp³-hybridized carbons (Fsp3) is 0.0588. The molecule has 0 aliphatic rings. The largest absolute Gasteiger partial charge is 0.497 e. The van der Waals surface area contributed by atoms with E-state index < -0.39 is 0 Å². The minimum atomic E-state index is -0.368. The minimum Gasteiger partial charge on any atom is -0.497 e. The monoisotopic (exact) mass is 321 g/mol. The Kier molecular flexibility index (Phi) is 4.62. The summed E-state index contributed by atoms with van der Waals surface area (Å²) in [6.45, 7) is 0. The fourth-order valence-electron chi connectivity index (χ4n) is 2.02. The number of hydrazone groups is 1. The third-order valence-electron chi connectivity index (χ3n) is 3.29. The number of nitrogens with zero attached hydrogens (tertiary/aromatic N) is 3. The molecule has 24 heavy (non-hydrogen) atoms. The SMILES string of the molecule is COc1ccc(-c2cc(C(=O)NN=Cc3ccncc3)[nH]n2)cc1. The van der Waals surface area contributed by atoms with Crippen LogP contribution >= 0.6 is 0 Å². The zero-order valence-corrected chi connectivity index (χ0v) is 12.9. The summed E-state index contributed by atoms with van der Waals surface area (Å²) in [5.41, 5.74) is 5.17. The topological polar surface area (TPSA) is 92.3 Å². The zero-order chi connectivity index (χ0) is 16.8. The number of carbonyl (C=O) groups is 1. The van der Waals surface area contributed by atoms with Crippen molar-refractivity contribution in [3.05, 3.63) is 66.1 Å². The van der Waals surface area contributed by atoms with Gasteiger partial charge in [0.2, 0.25) is 0 Å². The van der Waals surface area contributed by atoms with E-state index in [0.717, 1.165) is 16.9 Å². The molecule has 0 saturated carbocycles. The summed E-state index contributed by atoms with van der Waals surface area (Å²) in [6.07, 6.45) is 4.85. The molecule has 1 aromatic carbocycles. The maximum Gasteiger partial charge on any atom is 0.289 e. The highest BCUT2D eigenvalue weighted by molar-refractivity contribution is 5.94. The molecule has 0 bridgehead atoms. The smallest absolute Gasteiger partial charge is 0.289 e. The molecule has 1 amide bonds. The van der Waals surface area contributed by atoms with E-state index in [1.54, 1.807) is 43.9 Å². The second-order valence-electron chi connectivity index (χ2n) is 4.88. The molecule has 2 aromatic heterocycles. The number of benzene rings is 1. The van der Waals surface area contributed by atoms with Gasteiger partial charge >= 0.3 is 0 Å². The van der Waals surface area contributed by atoms with Crippen LogP contribution in [-0.2, 0) is 0 Å². The molecule has 0 saturated heterocycles. The molecule has 2 heterocycles. The van der Waals surface area contributed by atoms with Crippen LogP contribution in [0, 0.1) is 0 Å². The highest BCUT2D eigenvalue weighted by Gasteiger charge is 2.10. The maximum atomic E-state index is 12.1. The van der Waals surface area contributed by atoms with Gasteiger partial charge in [-0.2, -0.15) is 10.2 Å². The zero-order valence-electron chi connectivity index (χ0n) is 12.9. The van der Waals surface area contributed by atoms with Gasteiger partial charge in [0.05, 0.1) is 19.0 Å². The number of aromatic nitrogens is 3. The van der Waals surface area contributed by atoms with Gasteiger partial charge in [0, 0.05) is 18.0 Å². The van der Waals surface area contributed by atoms with Gasteiger partial charge in [0.25, 0.3) is 5.91 Å². The molecule has 0 spiro atoms. The van der Waals surface area contributed by atoms with Gasteiger partial charge in [0.1, 0.15) is 11.4 Å². The van der Waals surface area contributed by atoms with E-state index in [-0.39, 0.29) is 5.91 Å². The number of hydrogen-bond donors (Lipinski definition) is 2. The number of rotatable bonds is 5. The van der Waals surface area contributed by atoms with Crippen molar-refractivity contribution >= 4 is 12.1 Å². The standard InChI is InChI=1S/C17H15N5O2/c1-24-14-4-2-13(3-5-14)15-10-16(21-20-15)17(23)22-19-11-12-6-8-18-9-7-12/h2-11H,1H3,(H,20,21)(H,22,23). The first-order valence-corrected chi connectivity index (χ1v) is 7.19. The summed E-state index contributed by atoms with van der Waals surface area (Å²) < 4.78 is 5.12. The Labute approximate surface area is 138 Å². The van der Waals surface area contributed by atoms with Crippen molar-refractivity contribution in [1.29, 1.82) is 0 Å². The van der Waals surface area contributed by atoms with Crippen molar-refractivity contribution in [2.45, 2.75) is 0 Å². The summed E-state index contributed by atoms with van der Waals surface area (Å²) in [5, 5.41) is 10.8. The Balaban J connectivity index is 1.66. The van der Waals surface area contributed by atoms with Crippen LogP contribution in [0.2, 0.25) is 0 Å². The van der Waals surface area contributed by atoms with Crippen LogP contribution in [-0.4, -0.2) is 34.4 Å². The Morgan fingerprint density at radius 1 is 1.21 bits per heavy atom. The van der Waals surface area contributed by atoms with Gasteiger partial charge < -0.3 is 4.74 Å². The normalized spacial score (nSPS) is 10.7. The number of amides is 1. The van der Waals surface area contributed by atoms with Gasteiger partial charge in [-0.25, -0.2) is 5.43 Å². The van der Waals surface area contributed by atoms with Crippen LogP contribution in [0.15, 0.2) is 60.0 Å². The molecule has 3 aromatic rings. The van der Waals surface area contributed by atoms with E-state index in [0.29, 0.717) is 11.4 Å². The Morgan fingerprint density at radius 3 is 2.67 bits per heavy atom. The molecule has 120 valence electrons. The molecule has 0 aliphatic carbocycles. The maximum absolute atomic E-state index is 12.1. The molecular formula is C17H15N5O2. The predicted molar refractivity (Wildman–Crippen MR) is 89.9 cm³/mol. The molecule has 0 atom stereocenters. The van der Waals surface area contributed by atoms with Gasteiger partial charge in [-0.05, 0) is 48.0 Å². The summed E-state index contributed by atoms with van der Waals surface area (Å²) in [6, 6.07) is 12.7. The van der Waals surface area contributed by atoms with E-state index >= 15 is 0 Å². The molecular weight excluding hydrogens is 306 g/mol. The summed E-state index contributed by atoms with van der Waals surface area (Å²) in [5.74, 6) is 0.394. The van der Waals surface area contributed by atoms with E-state index in [1.165, 1.54) is 0 Å². The Hall–Kier alpha value is -3.48. The van der Waals surface area contributed by atoms with Gasteiger partial charge in [0.15, 0.2) is 0 Å². The summed E-state index contributed by atoms with van der Waals surface area (Å²) >= 11 is 0. The van der Waals surface area contributed by atoms with Crippen molar-refractivity contribution in [2.24, 2.45) is 5.10 Å². The van der Waals surface area contributed by atoms with Gasteiger partial charge in [-0.1, -0.05) is 0 Å². The highest BCUT2D eigenvalue weighted by Crippen LogP contribution is 2.21. The minimum absolute atomic E-state index is 0.327. The van der Waals surface area contributed by atoms with E-state index in [9.17, 15) is 4.79 Å². The lowest BCUT2D eigenvalue weighted by molar-refractivity contribution is 0.0950. The number of nitrogens with one attached hydrogen (secondary N) is 2. The van der Waals surface area contributed by atoms with E-state index in [1.807, 2.05) is 24.3 Å². The number of carbonyl (C=O) groups excluding carboxylic acids is 1. The van der Waals surface area contributed by atoms with Crippen LogP contribution in [0.4, 0.5) is 0 Å². The quantitative estimate of drug-likeness (QED) is 0.557. The molecule has 0 unspecified atom stereocenters. The van der Waals surface area contributed by atoms with Crippen molar-refractivity contribution in [1.82, 2.24) is 20.6 Å². The van der Waals surface area contributed by atoms with Crippen LogP contribution < -0.4 is 10.2 Å². The number of pyridine rings is 1. The van der Waals surface area contributed by atoms with Crippen molar-refractivity contribution in [3.63, 3.8) is 0 Å². The first kappa shape index (κ1) is 15.4. The van der Waals surface area contributed by atoms with Crippen LogP contribution in [0.3, 0.4) is 0 Å². The highest BCUT2D eigenvalue weighted by atomic mass is 16.5. The lowest BCUT2D eigenvalue weighted by Crippen LogP contribution is -2.17. The molecule has 3 rings (SSSR count). The van der Waals surface area contributed by atoms with Crippen LogP contribution in [0.5, 0.6) is 5.75 Å². The van der Waals surface area contributed by atoms with E-state index in [2.05, 4.69) is 25.7 Å². The number of methoxy groups -OCH3 is 1. The number of aromatic amines is 1. The Bertz CT molecular complexity index is 841. The van der Waals surface area contributed by atoms with Crippen LogP contribution in [0.1, 0.15) is 16.1 Å². The molecule has 0 fully saturated rings. The summed E-state index contributed by atoms with van der Waals surface area (Å²) in [7, 11) is 1.61. The second-order valence-corrected chi connectivity index (χ2v) is 4.88. The van der Waals surface area contributed by atoms with Gasteiger partial charge in [-0.15, -0.1) is 0 Å². The summed E-state index contributed by atoms with van der Waals surface area (Å²) in [4.78, 5) is 16.0. The molecule has 7 nitrogen and oxygen atoms in total. The second kappa shape index (κ2) is 7.19. The van der Waals surface area contributed by atoms with Crippen molar-refractivity contribution < 1.29 is 9.53 Å². The van der Waals surface area contributed by atoms with Crippen molar-refractivity contribution in [3.8, 4) is 17.0 Å². The third kappa shape index (κ3) is 3.64. The average Bonchev–Trinajstić information content (AvgIpc) is 3.13. The lowest BCUT2D eigenvalue weighted by atomic mass is 10.1. The van der Waals surface area contributed by atoms with Crippen LogP contribution in [0.25, 0.3) is 11.3 Å².